The lowest BCUT2D eigenvalue weighted by Gasteiger charge is -2.32. The van der Waals surface area contributed by atoms with Crippen LogP contribution in [0, 0.1) is 0 Å². The molecule has 0 aromatic carbocycles. The van der Waals surface area contributed by atoms with Gasteiger partial charge in [0.05, 0.1) is 0 Å². The molecular weight excluding hydrogens is 338 g/mol. The first kappa shape index (κ1) is 18.3. The highest BCUT2D eigenvalue weighted by atomic mass is 35.5. The Bertz CT molecular complexity index is 689. The number of rotatable bonds is 3. The summed E-state index contributed by atoms with van der Waals surface area (Å²) in [5.41, 5.74) is 0. The second kappa shape index (κ2) is 6.57. The van der Waals surface area contributed by atoms with Crippen LogP contribution >= 0.6 is 12.4 Å². The average Bonchev–Trinajstić information content (AvgIpc) is 2.38. The van der Waals surface area contributed by atoms with E-state index in [0.29, 0.717) is 19.6 Å². The first-order chi connectivity index (χ1) is 9.23. The molecule has 21 heavy (non-hydrogen) atoms. The van der Waals surface area contributed by atoms with Gasteiger partial charge in [0.1, 0.15) is 4.90 Å². The Morgan fingerprint density at radius 3 is 2.43 bits per heavy atom. The Balaban J connectivity index is 0.00000220. The lowest BCUT2D eigenvalue weighted by Crippen LogP contribution is -2.52. The summed E-state index contributed by atoms with van der Waals surface area (Å²) in [5, 5.41) is 2.98. The molecule has 120 valence electrons. The van der Waals surface area contributed by atoms with Crippen LogP contribution in [0.1, 0.15) is 6.92 Å². The molecule has 0 bridgehead atoms. The second-order valence-corrected chi connectivity index (χ2v) is 8.63. The van der Waals surface area contributed by atoms with Crippen LogP contribution in [0.15, 0.2) is 28.3 Å². The van der Waals surface area contributed by atoms with Crippen LogP contribution in [0.3, 0.4) is 0 Å². The van der Waals surface area contributed by atoms with E-state index in [4.69, 9.17) is 0 Å². The van der Waals surface area contributed by atoms with Crippen molar-refractivity contribution in [3.8, 4) is 0 Å². The lowest BCUT2D eigenvalue weighted by atomic mass is 10.3. The fourth-order valence-electron chi connectivity index (χ4n) is 2.05. The molecule has 0 saturated carbocycles. The maximum Gasteiger partial charge on any atom is 0.244 e. The number of aromatic nitrogens is 1. The summed E-state index contributed by atoms with van der Waals surface area (Å²) >= 11 is 0. The summed E-state index contributed by atoms with van der Waals surface area (Å²) in [4.78, 5) is 3.74. The van der Waals surface area contributed by atoms with Crippen molar-refractivity contribution in [3.05, 3.63) is 18.3 Å². The van der Waals surface area contributed by atoms with Gasteiger partial charge in [0.15, 0.2) is 14.9 Å². The highest BCUT2D eigenvalue weighted by Gasteiger charge is 2.31. The third-order valence-electron chi connectivity index (χ3n) is 3.14. The highest BCUT2D eigenvalue weighted by molar-refractivity contribution is 7.90. The van der Waals surface area contributed by atoms with Crippen molar-refractivity contribution >= 4 is 32.3 Å². The van der Waals surface area contributed by atoms with E-state index < -0.39 is 19.9 Å². The molecule has 1 saturated heterocycles. The van der Waals surface area contributed by atoms with Gasteiger partial charge in [-0.1, -0.05) is 0 Å². The minimum absolute atomic E-state index is 0. The average molecular weight is 356 g/mol. The standard InChI is InChI=1S/C11H17N3O4S2.ClH/c1-9-7-12-5-6-14(9)20(17,18)10-3-4-11(13-8-10)19(2,15)16;/h3-4,8-9,12H,5-7H2,1-2H3;1H/t9-;/m1./s1. The van der Waals surface area contributed by atoms with Gasteiger partial charge in [-0.25, -0.2) is 21.8 Å². The molecule has 0 unspecified atom stereocenters. The molecule has 2 rings (SSSR count). The smallest absolute Gasteiger partial charge is 0.244 e. The number of nitrogens with one attached hydrogen (secondary N) is 1. The number of sulfone groups is 1. The summed E-state index contributed by atoms with van der Waals surface area (Å²) in [7, 11) is -7.07. The van der Waals surface area contributed by atoms with E-state index in [9.17, 15) is 16.8 Å². The third-order valence-corrected chi connectivity index (χ3v) is 6.13. The van der Waals surface area contributed by atoms with Crippen LogP contribution in [0.5, 0.6) is 0 Å². The molecule has 10 heteroatoms. The van der Waals surface area contributed by atoms with E-state index in [1.165, 1.54) is 16.4 Å². The van der Waals surface area contributed by atoms with Gasteiger partial charge < -0.3 is 5.32 Å². The Kier molecular flexibility index (Phi) is 5.73. The topological polar surface area (TPSA) is 96.4 Å². The van der Waals surface area contributed by atoms with Crippen molar-refractivity contribution < 1.29 is 16.8 Å². The fraction of sp³-hybridized carbons (Fsp3) is 0.545. The third kappa shape index (κ3) is 3.92. The molecule has 1 aliphatic heterocycles. The molecule has 0 aliphatic carbocycles. The Morgan fingerprint density at radius 2 is 1.95 bits per heavy atom. The van der Waals surface area contributed by atoms with Crippen LogP contribution in [-0.4, -0.2) is 58.1 Å². The molecule has 1 aliphatic rings. The van der Waals surface area contributed by atoms with Gasteiger partial charge in [-0.05, 0) is 19.1 Å². The largest absolute Gasteiger partial charge is 0.314 e. The predicted octanol–water partition coefficient (Wildman–Crippen LogP) is -0.111. The minimum Gasteiger partial charge on any atom is -0.314 e. The highest BCUT2D eigenvalue weighted by Crippen LogP contribution is 2.19. The zero-order chi connectivity index (χ0) is 15.0. The van der Waals surface area contributed by atoms with Crippen LogP contribution < -0.4 is 5.32 Å². The summed E-state index contributed by atoms with van der Waals surface area (Å²) in [6.07, 6.45) is 2.13. The number of nitrogens with zero attached hydrogens (tertiary/aromatic N) is 2. The molecular formula is C11H18ClN3O4S2. The van der Waals surface area contributed by atoms with Crippen molar-refractivity contribution in [1.82, 2.24) is 14.6 Å². The van der Waals surface area contributed by atoms with Crippen molar-refractivity contribution in [2.24, 2.45) is 0 Å². The van der Waals surface area contributed by atoms with E-state index in [1.807, 2.05) is 6.92 Å². The molecule has 1 fully saturated rings. The van der Waals surface area contributed by atoms with E-state index in [2.05, 4.69) is 10.3 Å². The van der Waals surface area contributed by atoms with E-state index >= 15 is 0 Å². The number of hydrogen-bond acceptors (Lipinski definition) is 6. The maximum absolute atomic E-state index is 12.5. The number of pyridine rings is 1. The van der Waals surface area contributed by atoms with Crippen molar-refractivity contribution in [2.75, 3.05) is 25.9 Å². The van der Waals surface area contributed by atoms with Crippen LogP contribution in [0.2, 0.25) is 0 Å². The molecule has 7 nitrogen and oxygen atoms in total. The lowest BCUT2D eigenvalue weighted by molar-refractivity contribution is 0.284. The number of sulfonamides is 1. The molecule has 2 heterocycles. The Labute approximate surface area is 131 Å². The molecule has 1 aromatic heterocycles. The number of halogens is 1. The van der Waals surface area contributed by atoms with Gasteiger partial charge >= 0.3 is 0 Å². The zero-order valence-corrected chi connectivity index (χ0v) is 14.1. The minimum atomic E-state index is -3.64. The number of hydrogen-bond donors (Lipinski definition) is 1. The van der Waals surface area contributed by atoms with E-state index in [-0.39, 0.29) is 28.4 Å². The summed E-state index contributed by atoms with van der Waals surface area (Å²) in [6, 6.07) is 2.35. The predicted molar refractivity (Wildman–Crippen MR) is 80.8 cm³/mol. The summed E-state index contributed by atoms with van der Waals surface area (Å²) < 4.78 is 49.0. The SMILES string of the molecule is C[C@@H]1CNCCN1S(=O)(=O)c1ccc(S(C)(=O)=O)nc1.Cl. The van der Waals surface area contributed by atoms with Crippen molar-refractivity contribution in [3.63, 3.8) is 0 Å². The zero-order valence-electron chi connectivity index (χ0n) is 11.7. The molecule has 1 atom stereocenters. The number of piperazine rings is 1. The van der Waals surface area contributed by atoms with Gasteiger partial charge in [-0.3, -0.25) is 0 Å². The van der Waals surface area contributed by atoms with Gasteiger partial charge in [0.2, 0.25) is 10.0 Å². The Morgan fingerprint density at radius 1 is 1.29 bits per heavy atom. The van der Waals surface area contributed by atoms with Gasteiger partial charge in [0, 0.05) is 38.1 Å². The van der Waals surface area contributed by atoms with Gasteiger partial charge in [0.25, 0.3) is 0 Å². The van der Waals surface area contributed by atoms with E-state index in [0.717, 1.165) is 12.5 Å². The van der Waals surface area contributed by atoms with Gasteiger partial charge in [-0.15, -0.1) is 12.4 Å². The monoisotopic (exact) mass is 355 g/mol. The second-order valence-electron chi connectivity index (χ2n) is 4.77. The van der Waals surface area contributed by atoms with Crippen LogP contribution in [0.25, 0.3) is 0 Å². The Hall–Kier alpha value is -0.740. The van der Waals surface area contributed by atoms with Crippen LogP contribution in [0.4, 0.5) is 0 Å². The molecule has 1 aromatic rings. The first-order valence-electron chi connectivity index (χ1n) is 6.11. The fourth-order valence-corrected chi connectivity index (χ4v) is 4.19. The van der Waals surface area contributed by atoms with Crippen molar-refractivity contribution in [1.29, 1.82) is 0 Å². The molecule has 0 radical (unpaired) electrons. The summed E-state index contributed by atoms with van der Waals surface area (Å²) in [6.45, 7) is 3.39. The van der Waals surface area contributed by atoms with E-state index in [1.54, 1.807) is 0 Å². The maximum atomic E-state index is 12.5. The van der Waals surface area contributed by atoms with Crippen LogP contribution in [-0.2, 0) is 19.9 Å². The molecule has 1 N–H and O–H groups in total. The first-order valence-corrected chi connectivity index (χ1v) is 9.45. The molecule has 0 amide bonds. The molecule has 0 spiro atoms. The van der Waals surface area contributed by atoms with Gasteiger partial charge in [-0.2, -0.15) is 4.31 Å². The normalized spacial score (nSPS) is 20.8. The quantitative estimate of drug-likeness (QED) is 0.812. The van der Waals surface area contributed by atoms with Crippen molar-refractivity contribution in [2.45, 2.75) is 22.9 Å². The summed E-state index contributed by atoms with van der Waals surface area (Å²) in [5.74, 6) is 0.